The van der Waals surface area contributed by atoms with Crippen molar-refractivity contribution >= 4 is 39.4 Å². The molecule has 2 aromatic rings. The van der Waals surface area contributed by atoms with Gasteiger partial charge in [0.15, 0.2) is 0 Å². The van der Waals surface area contributed by atoms with Gasteiger partial charge in [0.05, 0.1) is 22.9 Å². The van der Waals surface area contributed by atoms with Crippen molar-refractivity contribution in [2.45, 2.75) is 50.6 Å². The molecule has 0 bridgehead atoms. The molecule has 0 amide bonds. The monoisotopic (exact) mass is 357 g/mol. The minimum Gasteiger partial charge on any atom is -0.481 e. The molecule has 1 aliphatic heterocycles. The average molecular weight is 357 g/mol. The fourth-order valence-electron chi connectivity index (χ4n) is 3.68. The molecule has 132 valence electrons. The van der Waals surface area contributed by atoms with Crippen molar-refractivity contribution in [3.05, 3.63) is 30.0 Å². The molecule has 1 aliphatic carbocycles. The number of carbonyl (C=O) groups is 1. The molecule has 1 unspecified atom stereocenters. The van der Waals surface area contributed by atoms with E-state index >= 15 is 0 Å². The van der Waals surface area contributed by atoms with Crippen LogP contribution in [0.25, 0.3) is 10.9 Å². The number of aromatic amines is 1. The van der Waals surface area contributed by atoms with Crippen molar-refractivity contribution in [1.29, 1.82) is 0 Å². The summed E-state index contributed by atoms with van der Waals surface area (Å²) in [5, 5.41) is 14.7. The second-order valence-electron chi connectivity index (χ2n) is 6.91. The number of hydrogen-bond donors (Lipinski definition) is 3. The van der Waals surface area contributed by atoms with Crippen molar-refractivity contribution in [2.75, 3.05) is 11.1 Å². The molecule has 1 atom stereocenters. The third kappa shape index (κ3) is 3.68. The van der Waals surface area contributed by atoms with Crippen LogP contribution in [0.1, 0.15) is 44.2 Å². The molecule has 6 heteroatoms. The number of thioether (sulfide) groups is 1. The van der Waals surface area contributed by atoms with E-state index in [9.17, 15) is 4.79 Å². The number of benzene rings is 1. The highest BCUT2D eigenvalue weighted by Gasteiger charge is 2.22. The van der Waals surface area contributed by atoms with Crippen LogP contribution in [-0.2, 0) is 4.79 Å². The lowest BCUT2D eigenvalue weighted by molar-refractivity contribution is -0.137. The predicted octanol–water partition coefficient (Wildman–Crippen LogP) is 4.25. The van der Waals surface area contributed by atoms with Crippen LogP contribution in [0.2, 0.25) is 0 Å². The summed E-state index contributed by atoms with van der Waals surface area (Å²) in [6.45, 7) is 0. The van der Waals surface area contributed by atoms with Crippen LogP contribution in [-0.4, -0.2) is 38.9 Å². The third-order valence-corrected chi connectivity index (χ3v) is 6.16. The number of para-hydroxylation sites is 1. The predicted molar refractivity (Wildman–Crippen MR) is 104 cm³/mol. The normalized spacial score (nSPS) is 21.0. The van der Waals surface area contributed by atoms with Gasteiger partial charge in [0.2, 0.25) is 0 Å². The van der Waals surface area contributed by atoms with Gasteiger partial charge in [0.1, 0.15) is 5.04 Å². The van der Waals surface area contributed by atoms with E-state index in [0.717, 1.165) is 22.0 Å². The molecule has 0 radical (unpaired) electrons. The SMILES string of the molecule is O=C(O)CCC1CSC(c2cc3cccc(NC4CCCC4)c3[nH]2)=N1. The van der Waals surface area contributed by atoms with E-state index in [0.29, 0.717) is 12.5 Å². The van der Waals surface area contributed by atoms with E-state index in [2.05, 4.69) is 34.6 Å². The molecule has 0 saturated heterocycles. The zero-order valence-corrected chi connectivity index (χ0v) is 14.9. The van der Waals surface area contributed by atoms with Crippen LogP contribution in [0, 0.1) is 0 Å². The van der Waals surface area contributed by atoms with Gasteiger partial charge < -0.3 is 15.4 Å². The first-order valence-electron chi connectivity index (χ1n) is 9.00. The summed E-state index contributed by atoms with van der Waals surface area (Å²) in [5.41, 5.74) is 3.35. The third-order valence-electron chi connectivity index (χ3n) is 5.01. The van der Waals surface area contributed by atoms with E-state index in [1.165, 1.54) is 36.8 Å². The van der Waals surface area contributed by atoms with Gasteiger partial charge in [-0.05, 0) is 31.4 Å². The van der Waals surface area contributed by atoms with Gasteiger partial charge in [0, 0.05) is 23.6 Å². The molecular weight excluding hydrogens is 334 g/mol. The average Bonchev–Trinajstić information content (AvgIpc) is 3.33. The Morgan fingerprint density at radius 2 is 2.20 bits per heavy atom. The maximum Gasteiger partial charge on any atom is 0.303 e. The number of carboxylic acids is 1. The quantitative estimate of drug-likeness (QED) is 0.722. The Balaban J connectivity index is 1.55. The number of rotatable bonds is 6. The Hall–Kier alpha value is -1.95. The Morgan fingerprint density at radius 1 is 1.36 bits per heavy atom. The highest BCUT2D eigenvalue weighted by molar-refractivity contribution is 8.14. The largest absolute Gasteiger partial charge is 0.481 e. The van der Waals surface area contributed by atoms with Gasteiger partial charge in [-0.25, -0.2) is 0 Å². The van der Waals surface area contributed by atoms with Gasteiger partial charge >= 0.3 is 5.97 Å². The minimum absolute atomic E-state index is 0.110. The number of aliphatic imine (C=N–C) groups is 1. The second kappa shape index (κ2) is 7.12. The van der Waals surface area contributed by atoms with Crippen molar-refractivity contribution in [3.63, 3.8) is 0 Å². The molecule has 1 fully saturated rings. The van der Waals surface area contributed by atoms with E-state index in [-0.39, 0.29) is 12.5 Å². The van der Waals surface area contributed by atoms with Crippen LogP contribution in [0.3, 0.4) is 0 Å². The maximum atomic E-state index is 10.7. The van der Waals surface area contributed by atoms with Crippen molar-refractivity contribution in [3.8, 4) is 0 Å². The van der Waals surface area contributed by atoms with Gasteiger partial charge in [0.25, 0.3) is 0 Å². The molecule has 1 aromatic carbocycles. The van der Waals surface area contributed by atoms with Crippen LogP contribution in [0.4, 0.5) is 5.69 Å². The number of nitrogens with one attached hydrogen (secondary N) is 2. The van der Waals surface area contributed by atoms with Crippen LogP contribution < -0.4 is 5.32 Å². The van der Waals surface area contributed by atoms with Crippen molar-refractivity contribution in [1.82, 2.24) is 4.98 Å². The minimum atomic E-state index is -0.748. The summed E-state index contributed by atoms with van der Waals surface area (Å²) >= 11 is 1.71. The van der Waals surface area contributed by atoms with Gasteiger partial charge in [-0.2, -0.15) is 0 Å². The highest BCUT2D eigenvalue weighted by atomic mass is 32.2. The summed E-state index contributed by atoms with van der Waals surface area (Å²) in [7, 11) is 0. The van der Waals surface area contributed by atoms with Crippen molar-refractivity contribution in [2.24, 2.45) is 4.99 Å². The summed E-state index contributed by atoms with van der Waals surface area (Å²) in [4.78, 5) is 19.0. The first-order chi connectivity index (χ1) is 12.2. The van der Waals surface area contributed by atoms with Gasteiger partial charge in [-0.15, -0.1) is 11.8 Å². The fraction of sp³-hybridized carbons (Fsp3) is 0.474. The first kappa shape index (κ1) is 16.5. The number of hydrogen-bond acceptors (Lipinski definition) is 4. The standard InChI is InChI=1S/C19H23N3O2S/c23-17(24)9-8-14-11-25-19(21-14)16-10-12-4-3-7-15(18(12)22-16)20-13-5-1-2-6-13/h3-4,7,10,13-14,20,22H,1-2,5-6,8-9,11H2,(H,23,24). The van der Waals surface area contributed by atoms with Crippen LogP contribution >= 0.6 is 11.8 Å². The first-order valence-corrected chi connectivity index (χ1v) is 9.98. The Bertz CT molecular complexity index is 808. The Labute approximate surface area is 151 Å². The molecule has 1 saturated carbocycles. The molecule has 4 rings (SSSR count). The maximum absolute atomic E-state index is 10.7. The molecule has 5 nitrogen and oxygen atoms in total. The summed E-state index contributed by atoms with van der Waals surface area (Å²) in [6.07, 6.45) is 5.92. The van der Waals surface area contributed by atoms with E-state index in [1.807, 2.05) is 0 Å². The van der Waals surface area contributed by atoms with E-state index < -0.39 is 5.97 Å². The van der Waals surface area contributed by atoms with Gasteiger partial charge in [-0.1, -0.05) is 25.0 Å². The molecule has 25 heavy (non-hydrogen) atoms. The Morgan fingerprint density at radius 3 is 3.00 bits per heavy atom. The number of nitrogens with zero attached hydrogens (tertiary/aromatic N) is 1. The smallest absolute Gasteiger partial charge is 0.303 e. The van der Waals surface area contributed by atoms with Gasteiger partial charge in [-0.3, -0.25) is 9.79 Å². The summed E-state index contributed by atoms with van der Waals surface area (Å²) in [5.74, 6) is 0.118. The number of aromatic nitrogens is 1. The second-order valence-corrected chi connectivity index (χ2v) is 7.92. The topological polar surface area (TPSA) is 77.5 Å². The summed E-state index contributed by atoms with van der Waals surface area (Å²) < 4.78 is 0. The van der Waals surface area contributed by atoms with Crippen molar-refractivity contribution < 1.29 is 9.90 Å². The number of carboxylic acid groups (broad SMARTS) is 1. The molecule has 0 spiro atoms. The van der Waals surface area contributed by atoms with Crippen LogP contribution in [0.15, 0.2) is 29.3 Å². The number of anilines is 1. The molecule has 2 aliphatic rings. The zero-order valence-electron chi connectivity index (χ0n) is 14.1. The van der Waals surface area contributed by atoms with Crippen LogP contribution in [0.5, 0.6) is 0 Å². The van der Waals surface area contributed by atoms with E-state index in [4.69, 9.17) is 10.1 Å². The lowest BCUT2D eigenvalue weighted by atomic mass is 10.2. The molecular formula is C19H23N3O2S. The van der Waals surface area contributed by atoms with E-state index in [1.54, 1.807) is 11.8 Å². The number of aliphatic carboxylic acids is 1. The molecule has 3 N–H and O–H groups in total. The number of fused-ring (bicyclic) bond motifs is 1. The molecule has 1 aromatic heterocycles. The summed E-state index contributed by atoms with van der Waals surface area (Å²) in [6, 6.07) is 9.20. The zero-order chi connectivity index (χ0) is 17.2. The molecule has 2 heterocycles. The lowest BCUT2D eigenvalue weighted by Gasteiger charge is -2.14. The highest BCUT2D eigenvalue weighted by Crippen LogP contribution is 2.31. The number of H-pyrrole nitrogens is 1. The fourth-order valence-corrected chi connectivity index (χ4v) is 4.76. The lowest BCUT2D eigenvalue weighted by Crippen LogP contribution is -2.14. The Kier molecular flexibility index (Phi) is 4.70.